The molecule has 42 heavy (non-hydrogen) atoms. The number of fused-ring (bicyclic) bond motifs is 6. The number of anilines is 2. The second-order valence-corrected chi connectivity index (χ2v) is 11.4. The van der Waals surface area contributed by atoms with Crippen LogP contribution in [0.25, 0.3) is 66.1 Å². The molecule has 0 aliphatic rings. The number of pyridine rings is 4. The van der Waals surface area contributed by atoms with Crippen LogP contribution in [0.15, 0.2) is 84.9 Å². The Morgan fingerprint density at radius 3 is 1.07 bits per heavy atom. The van der Waals surface area contributed by atoms with Gasteiger partial charge in [0.25, 0.3) is 0 Å². The van der Waals surface area contributed by atoms with Gasteiger partial charge in [0.15, 0.2) is 0 Å². The van der Waals surface area contributed by atoms with Gasteiger partial charge in [-0.1, -0.05) is 36.4 Å². The minimum atomic E-state index is 0.919. The van der Waals surface area contributed by atoms with E-state index in [1.807, 2.05) is 50.1 Å². The number of aromatic nitrogens is 4. The van der Waals surface area contributed by atoms with E-state index in [-0.39, 0.29) is 0 Å². The van der Waals surface area contributed by atoms with E-state index in [1.165, 1.54) is 0 Å². The highest BCUT2D eigenvalue weighted by Crippen LogP contribution is 2.34. The fraction of sp³-hybridized carbons (Fsp3) is 0.167. The largest absolute Gasteiger partial charge is 0.363 e. The van der Waals surface area contributed by atoms with Gasteiger partial charge in [0.2, 0.25) is 0 Å². The lowest BCUT2D eigenvalue weighted by Crippen LogP contribution is -2.10. The Hall–Kier alpha value is -5.10. The topological polar surface area (TPSA) is 58.0 Å². The molecule has 0 fully saturated rings. The molecule has 4 heterocycles. The van der Waals surface area contributed by atoms with Crippen LogP contribution < -0.4 is 9.80 Å². The first kappa shape index (κ1) is 25.8. The van der Waals surface area contributed by atoms with E-state index >= 15 is 0 Å². The number of aryl methyl sites for hydroxylation is 2. The Balaban J connectivity index is 1.35. The average molecular weight is 549 g/mol. The maximum atomic E-state index is 5.17. The average Bonchev–Trinajstić information content (AvgIpc) is 3.00. The van der Waals surface area contributed by atoms with Crippen LogP contribution in [-0.2, 0) is 0 Å². The van der Waals surface area contributed by atoms with Gasteiger partial charge < -0.3 is 9.80 Å². The fourth-order valence-corrected chi connectivity index (χ4v) is 5.68. The van der Waals surface area contributed by atoms with Crippen molar-refractivity contribution in [1.29, 1.82) is 0 Å². The standard InChI is InChI=1S/C36H32N6/c1-21-19-28(30-16-12-24-8-10-26-14-18-32(42(5)6)40-36(26)34(24)38-30)22(2)20-27(21)29-15-11-23-7-9-25-13-17-31(41(3)4)39-35(25)33(23)37-29/h7-20H,1-6H3. The number of rotatable bonds is 4. The molecule has 0 saturated carbocycles. The van der Waals surface area contributed by atoms with Gasteiger partial charge in [-0.3, -0.25) is 0 Å². The molecular formula is C36H32N6. The Bertz CT molecular complexity index is 2020. The van der Waals surface area contributed by atoms with Crippen molar-refractivity contribution in [2.75, 3.05) is 38.0 Å². The summed E-state index contributed by atoms with van der Waals surface area (Å²) in [6.45, 7) is 4.30. The molecule has 206 valence electrons. The summed E-state index contributed by atoms with van der Waals surface area (Å²) >= 11 is 0. The Kier molecular flexibility index (Phi) is 6.01. The molecule has 0 N–H and O–H groups in total. The zero-order valence-electron chi connectivity index (χ0n) is 24.8. The lowest BCUT2D eigenvalue weighted by molar-refractivity contribution is 1.08. The highest BCUT2D eigenvalue weighted by Gasteiger charge is 2.14. The van der Waals surface area contributed by atoms with Crippen LogP contribution in [0, 0.1) is 13.8 Å². The van der Waals surface area contributed by atoms with E-state index in [2.05, 4.69) is 86.6 Å². The Morgan fingerprint density at radius 2 is 0.714 bits per heavy atom. The molecule has 0 spiro atoms. The van der Waals surface area contributed by atoms with Crippen molar-refractivity contribution in [3.05, 3.63) is 96.1 Å². The van der Waals surface area contributed by atoms with Crippen molar-refractivity contribution in [2.45, 2.75) is 13.8 Å². The highest BCUT2D eigenvalue weighted by atomic mass is 15.1. The SMILES string of the molecule is Cc1cc(-c2ccc3ccc4ccc(N(C)C)nc4c3n2)c(C)cc1-c1ccc2ccc3ccc(N(C)C)nc3c2n1. The third-order valence-electron chi connectivity index (χ3n) is 8.05. The van der Waals surface area contributed by atoms with Crippen molar-refractivity contribution >= 4 is 55.2 Å². The summed E-state index contributed by atoms with van der Waals surface area (Å²) < 4.78 is 0. The molecule has 0 amide bonds. The van der Waals surface area contributed by atoms with Gasteiger partial charge in [-0.2, -0.15) is 0 Å². The molecule has 7 rings (SSSR count). The summed E-state index contributed by atoms with van der Waals surface area (Å²) in [5.41, 5.74) is 10.1. The molecule has 0 bridgehead atoms. The summed E-state index contributed by atoms with van der Waals surface area (Å²) in [7, 11) is 8.04. The number of hydrogen-bond acceptors (Lipinski definition) is 6. The molecule has 0 aliphatic heterocycles. The minimum absolute atomic E-state index is 0.919. The van der Waals surface area contributed by atoms with Crippen LogP contribution in [0.3, 0.4) is 0 Å². The van der Waals surface area contributed by atoms with Crippen molar-refractivity contribution in [2.24, 2.45) is 0 Å². The van der Waals surface area contributed by atoms with Gasteiger partial charge in [-0.15, -0.1) is 0 Å². The first-order valence-corrected chi connectivity index (χ1v) is 14.1. The predicted molar refractivity (Wildman–Crippen MR) is 177 cm³/mol. The predicted octanol–water partition coefficient (Wildman–Crippen LogP) is 7.96. The normalized spacial score (nSPS) is 11.6. The molecule has 0 atom stereocenters. The van der Waals surface area contributed by atoms with Gasteiger partial charge in [-0.05, 0) is 73.5 Å². The van der Waals surface area contributed by atoms with Crippen LogP contribution >= 0.6 is 0 Å². The van der Waals surface area contributed by atoms with Crippen LogP contribution in [-0.4, -0.2) is 48.1 Å². The summed E-state index contributed by atoms with van der Waals surface area (Å²) in [6.07, 6.45) is 0. The second kappa shape index (κ2) is 9.77. The molecule has 0 aliphatic carbocycles. The summed E-state index contributed by atoms with van der Waals surface area (Å²) in [4.78, 5) is 24.3. The zero-order valence-corrected chi connectivity index (χ0v) is 24.8. The monoisotopic (exact) mass is 548 g/mol. The lowest BCUT2D eigenvalue weighted by Gasteiger charge is -2.15. The maximum absolute atomic E-state index is 5.17. The van der Waals surface area contributed by atoms with Crippen LogP contribution in [0.1, 0.15) is 11.1 Å². The molecule has 7 aromatic rings. The first-order valence-electron chi connectivity index (χ1n) is 14.1. The van der Waals surface area contributed by atoms with Crippen molar-refractivity contribution in [3.63, 3.8) is 0 Å². The summed E-state index contributed by atoms with van der Waals surface area (Å²) in [6, 6.07) is 29.8. The van der Waals surface area contributed by atoms with Crippen molar-refractivity contribution < 1.29 is 0 Å². The summed E-state index contributed by atoms with van der Waals surface area (Å²) in [5, 5.41) is 4.34. The van der Waals surface area contributed by atoms with Gasteiger partial charge in [0.05, 0.1) is 33.5 Å². The minimum Gasteiger partial charge on any atom is -0.363 e. The molecule has 6 nitrogen and oxygen atoms in total. The Morgan fingerprint density at radius 1 is 0.405 bits per heavy atom. The molecule has 0 saturated heterocycles. The van der Waals surface area contributed by atoms with Crippen LogP contribution in [0.5, 0.6) is 0 Å². The van der Waals surface area contributed by atoms with Gasteiger partial charge in [0.1, 0.15) is 11.6 Å². The number of hydrogen-bond donors (Lipinski definition) is 0. The molecule has 0 radical (unpaired) electrons. The summed E-state index contributed by atoms with van der Waals surface area (Å²) in [5.74, 6) is 1.84. The van der Waals surface area contributed by atoms with Gasteiger partial charge in [0, 0.05) is 60.9 Å². The van der Waals surface area contributed by atoms with Crippen molar-refractivity contribution in [1.82, 2.24) is 19.9 Å². The van der Waals surface area contributed by atoms with Crippen molar-refractivity contribution in [3.8, 4) is 22.5 Å². The third-order valence-corrected chi connectivity index (χ3v) is 8.05. The van der Waals surface area contributed by atoms with Crippen LogP contribution in [0.2, 0.25) is 0 Å². The molecule has 0 unspecified atom stereocenters. The number of nitrogens with zero attached hydrogens (tertiary/aromatic N) is 6. The lowest BCUT2D eigenvalue weighted by atomic mass is 9.95. The maximum Gasteiger partial charge on any atom is 0.128 e. The molecule has 6 heteroatoms. The Labute approximate surface area is 245 Å². The van der Waals surface area contributed by atoms with Gasteiger partial charge >= 0.3 is 0 Å². The highest BCUT2D eigenvalue weighted by molar-refractivity contribution is 6.05. The van der Waals surface area contributed by atoms with E-state index in [1.54, 1.807) is 0 Å². The molecule has 3 aromatic carbocycles. The first-order chi connectivity index (χ1) is 20.3. The molecular weight excluding hydrogens is 516 g/mol. The fourth-order valence-electron chi connectivity index (χ4n) is 5.68. The number of benzene rings is 3. The van der Waals surface area contributed by atoms with E-state index in [4.69, 9.17) is 19.9 Å². The molecule has 4 aromatic heterocycles. The zero-order chi connectivity index (χ0) is 29.1. The third kappa shape index (κ3) is 4.27. The van der Waals surface area contributed by atoms with E-state index < -0.39 is 0 Å². The van der Waals surface area contributed by atoms with E-state index in [0.29, 0.717) is 0 Å². The van der Waals surface area contributed by atoms with Gasteiger partial charge in [-0.25, -0.2) is 19.9 Å². The van der Waals surface area contributed by atoms with E-state index in [9.17, 15) is 0 Å². The van der Waals surface area contributed by atoms with E-state index in [0.717, 1.165) is 88.9 Å². The second-order valence-electron chi connectivity index (χ2n) is 11.4. The quantitative estimate of drug-likeness (QED) is 0.208. The van der Waals surface area contributed by atoms with Crippen LogP contribution in [0.4, 0.5) is 11.6 Å². The smallest absolute Gasteiger partial charge is 0.128 e.